The molecule has 0 aliphatic carbocycles. The predicted molar refractivity (Wildman–Crippen MR) is 178 cm³/mol. The molecule has 0 saturated heterocycles. The minimum absolute atomic E-state index is 0.0815. The molecule has 220 valence electrons. The number of nitrogens with zero attached hydrogens (tertiary/aromatic N) is 2. The summed E-state index contributed by atoms with van der Waals surface area (Å²) in [4.78, 5) is 4.49. The van der Waals surface area contributed by atoms with Gasteiger partial charge in [-0.3, -0.25) is 4.55 Å². The Morgan fingerprint density at radius 1 is 0.535 bits per heavy atom. The number of anilines is 4. The fraction of sp³-hybridized carbons (Fsp3) is 0.189. The highest BCUT2D eigenvalue weighted by Crippen LogP contribution is 2.38. The molecule has 5 nitrogen and oxygen atoms in total. The second kappa shape index (κ2) is 13.7. The zero-order valence-electron chi connectivity index (χ0n) is 24.7. The zero-order valence-corrected chi connectivity index (χ0v) is 25.5. The molecule has 43 heavy (non-hydrogen) atoms. The van der Waals surface area contributed by atoms with Crippen molar-refractivity contribution in [3.63, 3.8) is 0 Å². The summed E-state index contributed by atoms with van der Waals surface area (Å²) in [6.07, 6.45) is 1.98. The molecule has 1 N–H and O–H groups in total. The van der Waals surface area contributed by atoms with E-state index in [9.17, 15) is 13.0 Å². The molecule has 0 aromatic heterocycles. The van der Waals surface area contributed by atoms with Crippen LogP contribution in [0, 0.1) is 0 Å². The van der Waals surface area contributed by atoms with Gasteiger partial charge in [-0.05, 0) is 84.1 Å². The average molecular weight is 591 g/mol. The van der Waals surface area contributed by atoms with Gasteiger partial charge in [-0.25, -0.2) is 0 Å². The first-order valence-electron chi connectivity index (χ1n) is 14.8. The maximum Gasteiger partial charge on any atom is 0.294 e. The summed E-state index contributed by atoms with van der Waals surface area (Å²) in [5.74, 6) is -0.408. The predicted octanol–water partition coefficient (Wildman–Crippen LogP) is 9.21. The Morgan fingerprint density at radius 3 is 1.30 bits per heavy atom. The zero-order chi connectivity index (χ0) is 30.2. The van der Waals surface area contributed by atoms with E-state index in [2.05, 4.69) is 96.4 Å². The van der Waals surface area contributed by atoms with Crippen LogP contribution in [-0.4, -0.2) is 26.1 Å². The van der Waals surface area contributed by atoms with Crippen molar-refractivity contribution >= 4 is 32.9 Å². The largest absolute Gasteiger partial charge is 0.342 e. The molecule has 0 saturated carbocycles. The first-order valence-corrected chi connectivity index (χ1v) is 16.3. The summed E-state index contributed by atoms with van der Waals surface area (Å²) < 4.78 is 35.2. The van der Waals surface area contributed by atoms with Crippen molar-refractivity contribution in [2.75, 3.05) is 22.9 Å². The molecule has 5 rings (SSSR count). The highest BCUT2D eigenvalue weighted by Gasteiger charge is 2.25. The molecule has 0 amide bonds. The first kappa shape index (κ1) is 30.1. The van der Waals surface area contributed by atoms with Crippen molar-refractivity contribution in [1.82, 2.24) is 0 Å². The van der Waals surface area contributed by atoms with Crippen molar-refractivity contribution in [1.29, 1.82) is 0 Å². The monoisotopic (exact) mass is 590 g/mol. The number of para-hydroxylation sites is 2. The molecule has 5 aromatic carbocycles. The molecule has 5 aromatic rings. The van der Waals surface area contributed by atoms with Crippen LogP contribution in [0.1, 0.15) is 49.3 Å². The van der Waals surface area contributed by atoms with Crippen LogP contribution in [0.15, 0.2) is 138 Å². The van der Waals surface area contributed by atoms with Crippen molar-refractivity contribution in [2.24, 2.45) is 0 Å². The third-order valence-electron chi connectivity index (χ3n) is 7.61. The van der Waals surface area contributed by atoms with Gasteiger partial charge in [0.2, 0.25) is 0 Å². The van der Waals surface area contributed by atoms with Crippen LogP contribution < -0.4 is 9.80 Å². The summed E-state index contributed by atoms with van der Waals surface area (Å²) in [5.41, 5.74) is 6.77. The van der Waals surface area contributed by atoms with E-state index < -0.39 is 16.0 Å². The maximum absolute atomic E-state index is 12.5. The summed E-state index contributed by atoms with van der Waals surface area (Å²) >= 11 is 0. The molecule has 0 heterocycles. The quantitative estimate of drug-likeness (QED) is 0.116. The van der Waals surface area contributed by atoms with E-state index in [1.165, 1.54) is 6.07 Å². The Hall–Kier alpha value is -4.39. The van der Waals surface area contributed by atoms with E-state index in [1.807, 2.05) is 42.5 Å². The number of rotatable bonds is 12. The second-order valence-electron chi connectivity index (χ2n) is 10.6. The second-order valence-corrected chi connectivity index (χ2v) is 12.0. The van der Waals surface area contributed by atoms with E-state index in [0.29, 0.717) is 5.56 Å². The number of hydrogen-bond donors (Lipinski definition) is 1. The van der Waals surface area contributed by atoms with E-state index in [-0.39, 0.29) is 4.90 Å². The van der Waals surface area contributed by atoms with Crippen molar-refractivity contribution in [3.8, 4) is 0 Å². The lowest BCUT2D eigenvalue weighted by atomic mass is 9.85. The van der Waals surface area contributed by atoms with Gasteiger partial charge >= 0.3 is 0 Å². The van der Waals surface area contributed by atoms with Gasteiger partial charge < -0.3 is 9.80 Å². The van der Waals surface area contributed by atoms with E-state index in [0.717, 1.165) is 59.8 Å². The lowest BCUT2D eigenvalue weighted by molar-refractivity contribution is 0.482. The maximum atomic E-state index is 12.5. The van der Waals surface area contributed by atoms with Crippen LogP contribution in [0.3, 0.4) is 0 Å². The van der Waals surface area contributed by atoms with Gasteiger partial charge in [0.1, 0.15) is 0 Å². The van der Waals surface area contributed by atoms with Crippen LogP contribution in [0.4, 0.5) is 22.7 Å². The molecule has 0 radical (unpaired) electrons. The van der Waals surface area contributed by atoms with Gasteiger partial charge in [-0.1, -0.05) is 92.7 Å². The molecule has 0 aliphatic heterocycles. The number of benzene rings is 5. The van der Waals surface area contributed by atoms with E-state index in [4.69, 9.17) is 0 Å². The summed E-state index contributed by atoms with van der Waals surface area (Å²) in [7, 11) is -4.44. The SMILES string of the molecule is CCCN(c1ccccc1)c1ccc(C(c2ccc(N(CCC)c3ccccc3)cc2)c2ccccc2S(=O)(=O)O)cc1. The van der Waals surface area contributed by atoms with Gasteiger partial charge in [-0.2, -0.15) is 8.42 Å². The van der Waals surface area contributed by atoms with Crippen LogP contribution in [0.2, 0.25) is 0 Å². The third kappa shape index (κ3) is 6.99. The van der Waals surface area contributed by atoms with Gasteiger partial charge in [0, 0.05) is 41.8 Å². The molecular weight excluding hydrogens is 552 g/mol. The highest BCUT2D eigenvalue weighted by molar-refractivity contribution is 7.85. The molecule has 0 fully saturated rings. The molecule has 0 spiro atoms. The minimum Gasteiger partial charge on any atom is -0.342 e. The van der Waals surface area contributed by atoms with Gasteiger partial charge in [0.15, 0.2) is 0 Å². The topological polar surface area (TPSA) is 60.9 Å². The molecule has 0 aliphatic rings. The van der Waals surface area contributed by atoms with Gasteiger partial charge in [0.25, 0.3) is 10.1 Å². The Balaban J connectivity index is 1.58. The minimum atomic E-state index is -4.44. The van der Waals surface area contributed by atoms with Gasteiger partial charge in [-0.15, -0.1) is 0 Å². The molecule has 0 bridgehead atoms. The van der Waals surface area contributed by atoms with Crippen LogP contribution >= 0.6 is 0 Å². The van der Waals surface area contributed by atoms with Crippen molar-refractivity contribution in [3.05, 3.63) is 150 Å². The standard InChI is InChI=1S/C37H38N2O3S/c1-3-27-38(31-13-7-5-8-14-31)33-23-19-29(20-24-33)37(35-17-11-12-18-36(35)43(40,41)42)30-21-25-34(26-22-30)39(28-4-2)32-15-9-6-10-16-32/h5-26,37H,3-4,27-28H2,1-2H3,(H,40,41,42). The summed E-state index contributed by atoms with van der Waals surface area (Å²) in [5, 5.41) is 0. The van der Waals surface area contributed by atoms with Crippen LogP contribution in [-0.2, 0) is 10.1 Å². The van der Waals surface area contributed by atoms with Crippen LogP contribution in [0.5, 0.6) is 0 Å². The number of hydrogen-bond acceptors (Lipinski definition) is 4. The highest BCUT2D eigenvalue weighted by atomic mass is 32.2. The van der Waals surface area contributed by atoms with Gasteiger partial charge in [0.05, 0.1) is 4.90 Å². The molecule has 0 atom stereocenters. The molecular formula is C37H38N2O3S. The van der Waals surface area contributed by atoms with E-state index >= 15 is 0 Å². The smallest absolute Gasteiger partial charge is 0.294 e. The normalized spacial score (nSPS) is 11.4. The van der Waals surface area contributed by atoms with Crippen molar-refractivity contribution in [2.45, 2.75) is 37.5 Å². The lowest BCUT2D eigenvalue weighted by Crippen LogP contribution is -2.18. The fourth-order valence-electron chi connectivity index (χ4n) is 5.68. The average Bonchev–Trinajstić information content (AvgIpc) is 3.04. The first-order chi connectivity index (χ1) is 20.9. The summed E-state index contributed by atoms with van der Waals surface area (Å²) in [6.45, 7) is 6.07. The molecule has 0 unspecified atom stereocenters. The fourth-order valence-corrected chi connectivity index (χ4v) is 6.41. The Morgan fingerprint density at radius 2 is 0.907 bits per heavy atom. The Bertz CT molecular complexity index is 1610. The third-order valence-corrected chi connectivity index (χ3v) is 8.54. The lowest BCUT2D eigenvalue weighted by Gasteiger charge is -2.27. The Labute approximate surface area is 255 Å². The Kier molecular flexibility index (Phi) is 9.60. The van der Waals surface area contributed by atoms with Crippen molar-refractivity contribution < 1.29 is 13.0 Å². The van der Waals surface area contributed by atoms with E-state index in [1.54, 1.807) is 12.1 Å². The van der Waals surface area contributed by atoms with Crippen LogP contribution in [0.25, 0.3) is 0 Å². The molecule has 6 heteroatoms. The summed E-state index contributed by atoms with van der Waals surface area (Å²) in [6, 6.07) is 43.9.